The summed E-state index contributed by atoms with van der Waals surface area (Å²) in [6.45, 7) is 3.97. The predicted molar refractivity (Wildman–Crippen MR) is 75.9 cm³/mol. The van der Waals surface area contributed by atoms with Gasteiger partial charge in [-0.25, -0.2) is 0 Å². The zero-order valence-corrected chi connectivity index (χ0v) is 11.5. The SMILES string of the molecule is CCC1CCCN(C(=O)COc2ccccc2N)C1. The number of nitrogens with two attached hydrogens (primary N) is 1. The summed E-state index contributed by atoms with van der Waals surface area (Å²) in [5, 5.41) is 0. The number of likely N-dealkylation sites (tertiary alicyclic amines) is 1. The highest BCUT2D eigenvalue weighted by molar-refractivity contribution is 5.78. The summed E-state index contributed by atoms with van der Waals surface area (Å²) in [5.74, 6) is 1.28. The minimum absolute atomic E-state index is 0.0569. The van der Waals surface area contributed by atoms with E-state index in [-0.39, 0.29) is 12.5 Å². The Balaban J connectivity index is 1.86. The van der Waals surface area contributed by atoms with Gasteiger partial charge in [0.15, 0.2) is 6.61 Å². The third kappa shape index (κ3) is 3.63. The van der Waals surface area contributed by atoms with Crippen molar-refractivity contribution in [3.8, 4) is 5.75 Å². The first kappa shape index (κ1) is 13.7. The van der Waals surface area contributed by atoms with Gasteiger partial charge >= 0.3 is 0 Å². The number of benzene rings is 1. The zero-order valence-electron chi connectivity index (χ0n) is 11.5. The molecule has 104 valence electrons. The Labute approximate surface area is 114 Å². The molecule has 1 aromatic rings. The van der Waals surface area contributed by atoms with Crippen LogP contribution in [0.4, 0.5) is 5.69 Å². The van der Waals surface area contributed by atoms with Crippen LogP contribution in [0.1, 0.15) is 26.2 Å². The minimum atomic E-state index is 0.0569. The van der Waals surface area contributed by atoms with Crippen LogP contribution in [0, 0.1) is 5.92 Å². The first-order valence-electron chi connectivity index (χ1n) is 6.95. The molecule has 0 aromatic heterocycles. The van der Waals surface area contributed by atoms with Crippen molar-refractivity contribution in [1.29, 1.82) is 0 Å². The van der Waals surface area contributed by atoms with Gasteiger partial charge in [0, 0.05) is 13.1 Å². The lowest BCUT2D eigenvalue weighted by Gasteiger charge is -2.32. The highest BCUT2D eigenvalue weighted by atomic mass is 16.5. The van der Waals surface area contributed by atoms with E-state index in [9.17, 15) is 4.79 Å². The van der Waals surface area contributed by atoms with Crippen LogP contribution in [-0.2, 0) is 4.79 Å². The quantitative estimate of drug-likeness (QED) is 0.847. The lowest BCUT2D eigenvalue weighted by atomic mass is 9.96. The topological polar surface area (TPSA) is 55.6 Å². The molecule has 2 N–H and O–H groups in total. The molecule has 1 saturated heterocycles. The number of carbonyl (C=O) groups is 1. The summed E-state index contributed by atoms with van der Waals surface area (Å²) in [4.78, 5) is 14.0. The molecule has 1 aliphatic rings. The Kier molecular flexibility index (Phi) is 4.66. The van der Waals surface area contributed by atoms with E-state index in [1.54, 1.807) is 12.1 Å². The highest BCUT2D eigenvalue weighted by Crippen LogP contribution is 2.21. The molecule has 0 bridgehead atoms. The van der Waals surface area contributed by atoms with E-state index in [1.807, 2.05) is 17.0 Å². The summed E-state index contributed by atoms with van der Waals surface area (Å²) >= 11 is 0. The van der Waals surface area contributed by atoms with Crippen LogP contribution in [0.25, 0.3) is 0 Å². The third-order valence-electron chi connectivity index (χ3n) is 3.72. The molecule has 19 heavy (non-hydrogen) atoms. The monoisotopic (exact) mass is 262 g/mol. The van der Waals surface area contributed by atoms with Crippen LogP contribution in [0.5, 0.6) is 5.75 Å². The minimum Gasteiger partial charge on any atom is -0.482 e. The number of nitrogen functional groups attached to an aromatic ring is 1. The Morgan fingerprint density at radius 2 is 2.26 bits per heavy atom. The van der Waals surface area contributed by atoms with Crippen LogP contribution in [0.15, 0.2) is 24.3 Å². The van der Waals surface area contributed by atoms with Gasteiger partial charge in [-0.3, -0.25) is 4.79 Å². The van der Waals surface area contributed by atoms with Gasteiger partial charge in [-0.05, 0) is 30.9 Å². The van der Waals surface area contributed by atoms with Crippen molar-refractivity contribution in [3.63, 3.8) is 0 Å². The van der Waals surface area contributed by atoms with Gasteiger partial charge in [-0.1, -0.05) is 25.5 Å². The predicted octanol–water partition coefficient (Wildman–Crippen LogP) is 2.30. The van der Waals surface area contributed by atoms with Gasteiger partial charge < -0.3 is 15.4 Å². The fourth-order valence-corrected chi connectivity index (χ4v) is 2.47. The van der Waals surface area contributed by atoms with E-state index in [2.05, 4.69) is 6.92 Å². The fourth-order valence-electron chi connectivity index (χ4n) is 2.47. The van der Waals surface area contributed by atoms with Crippen molar-refractivity contribution in [3.05, 3.63) is 24.3 Å². The van der Waals surface area contributed by atoms with Crippen LogP contribution in [-0.4, -0.2) is 30.5 Å². The van der Waals surface area contributed by atoms with E-state index >= 15 is 0 Å². The maximum Gasteiger partial charge on any atom is 0.260 e. The second kappa shape index (κ2) is 6.45. The third-order valence-corrected chi connectivity index (χ3v) is 3.72. The molecule has 1 atom stereocenters. The van der Waals surface area contributed by atoms with Crippen molar-refractivity contribution in [2.75, 3.05) is 25.4 Å². The van der Waals surface area contributed by atoms with Crippen molar-refractivity contribution in [1.82, 2.24) is 4.90 Å². The molecule has 1 fully saturated rings. The normalized spacial score (nSPS) is 19.2. The Morgan fingerprint density at radius 1 is 1.47 bits per heavy atom. The van der Waals surface area contributed by atoms with E-state index < -0.39 is 0 Å². The summed E-state index contributed by atoms with van der Waals surface area (Å²) < 4.78 is 5.50. The molecular formula is C15H22N2O2. The summed E-state index contributed by atoms with van der Waals surface area (Å²) in [5.41, 5.74) is 6.35. The Hall–Kier alpha value is -1.71. The lowest BCUT2D eigenvalue weighted by Crippen LogP contribution is -2.42. The number of hydrogen-bond donors (Lipinski definition) is 1. The molecule has 0 spiro atoms. The number of nitrogens with zero attached hydrogens (tertiary/aromatic N) is 1. The van der Waals surface area contributed by atoms with Gasteiger partial charge in [-0.2, -0.15) is 0 Å². The van der Waals surface area contributed by atoms with Crippen LogP contribution in [0.3, 0.4) is 0 Å². The Bertz CT molecular complexity index is 434. The fraction of sp³-hybridized carbons (Fsp3) is 0.533. The number of hydrogen-bond acceptors (Lipinski definition) is 3. The van der Waals surface area contributed by atoms with Crippen LogP contribution >= 0.6 is 0 Å². The first-order valence-corrected chi connectivity index (χ1v) is 6.95. The number of carbonyl (C=O) groups excluding carboxylic acids is 1. The molecule has 1 aromatic carbocycles. The number of amides is 1. The maximum atomic E-state index is 12.1. The molecule has 2 rings (SSSR count). The van der Waals surface area contributed by atoms with Gasteiger partial charge in [-0.15, -0.1) is 0 Å². The van der Waals surface area contributed by atoms with Gasteiger partial charge in [0.25, 0.3) is 5.91 Å². The average Bonchev–Trinajstić information content (AvgIpc) is 2.46. The summed E-state index contributed by atoms with van der Waals surface area (Å²) in [7, 11) is 0. The van der Waals surface area contributed by atoms with Crippen molar-refractivity contribution in [2.24, 2.45) is 5.92 Å². The van der Waals surface area contributed by atoms with Crippen molar-refractivity contribution >= 4 is 11.6 Å². The van der Waals surface area contributed by atoms with Crippen molar-refractivity contribution < 1.29 is 9.53 Å². The van der Waals surface area contributed by atoms with Gasteiger partial charge in [0.05, 0.1) is 5.69 Å². The number of para-hydroxylation sites is 2. The Morgan fingerprint density at radius 3 is 3.00 bits per heavy atom. The largest absolute Gasteiger partial charge is 0.482 e. The molecular weight excluding hydrogens is 240 g/mol. The summed E-state index contributed by atoms with van der Waals surface area (Å²) in [6.07, 6.45) is 3.46. The summed E-state index contributed by atoms with van der Waals surface area (Å²) in [6, 6.07) is 7.26. The number of anilines is 1. The number of ether oxygens (including phenoxy) is 1. The highest BCUT2D eigenvalue weighted by Gasteiger charge is 2.22. The maximum absolute atomic E-state index is 12.1. The zero-order chi connectivity index (χ0) is 13.7. The van der Waals surface area contributed by atoms with Crippen molar-refractivity contribution in [2.45, 2.75) is 26.2 Å². The number of rotatable bonds is 4. The molecule has 1 heterocycles. The van der Waals surface area contributed by atoms with Crippen LogP contribution < -0.4 is 10.5 Å². The second-order valence-electron chi connectivity index (χ2n) is 5.08. The van der Waals surface area contributed by atoms with Gasteiger partial charge in [0.1, 0.15) is 5.75 Å². The molecule has 1 unspecified atom stereocenters. The van der Waals surface area contributed by atoms with Gasteiger partial charge in [0.2, 0.25) is 0 Å². The van der Waals surface area contributed by atoms with E-state index in [1.165, 1.54) is 6.42 Å². The first-order chi connectivity index (χ1) is 9.20. The molecule has 1 aliphatic heterocycles. The molecule has 1 amide bonds. The van der Waals surface area contributed by atoms with E-state index in [0.29, 0.717) is 17.4 Å². The smallest absolute Gasteiger partial charge is 0.260 e. The molecule has 0 saturated carbocycles. The second-order valence-corrected chi connectivity index (χ2v) is 5.08. The molecule has 4 nitrogen and oxygen atoms in total. The van der Waals surface area contributed by atoms with E-state index in [0.717, 1.165) is 25.9 Å². The average molecular weight is 262 g/mol. The lowest BCUT2D eigenvalue weighted by molar-refractivity contribution is -0.135. The van der Waals surface area contributed by atoms with E-state index in [4.69, 9.17) is 10.5 Å². The molecule has 4 heteroatoms. The van der Waals surface area contributed by atoms with Crippen LogP contribution in [0.2, 0.25) is 0 Å². The molecule has 0 aliphatic carbocycles. The standard InChI is InChI=1S/C15H22N2O2/c1-2-12-6-5-9-17(10-12)15(18)11-19-14-8-4-3-7-13(14)16/h3-4,7-8,12H,2,5-6,9-11,16H2,1H3. The number of piperidine rings is 1. The molecule has 0 radical (unpaired) electrons.